The van der Waals surface area contributed by atoms with Crippen molar-refractivity contribution < 1.29 is 66.3 Å². The summed E-state index contributed by atoms with van der Waals surface area (Å²) in [6, 6.07) is 76.5. The molecule has 0 radical (unpaired) electrons. The number of ether oxygens (including phenoxy) is 3. The highest BCUT2D eigenvalue weighted by Gasteiger charge is 2.39. The van der Waals surface area contributed by atoms with Crippen molar-refractivity contribution in [3.8, 4) is 22.3 Å². The monoisotopic (exact) mass is 1800 g/mol. The molecule has 0 atom stereocenters. The van der Waals surface area contributed by atoms with Crippen molar-refractivity contribution >= 4 is 65.1 Å². The van der Waals surface area contributed by atoms with Gasteiger partial charge in [-0.15, -0.1) is 0 Å². The Hall–Kier alpha value is -12.3. The standard InChI is InChI=1S/C39H50N4O4.C36H44N4O4.C34H38N4O4/c1-41(26-16-28-43-37(44)34-20-10-11-21-35(34)38(43)45)25-14-5-3-2-4-6-15-27-42-29-23-32(24-30-42)47-39(46)40-36-22-13-12-19-33(36)31-17-8-7-9-18-31;1-40(2,26-12-11-23-39-34(41)31-18-9-10-19-32(31)35(39)42)27-13-22-38-24-20-30(21-25-38)44-36(43)37-33(28-14-5-3-6-15-28)29-16-7-4-8-17-29;1-38(2,25-23-37-32(39)29-15-6-7-16-30(29)33(37)40)24-11-10-20-36-21-18-27(19-22-36)42-34(41)35-31-17-9-8-14-28(31)26-12-4-3-5-13-26/h7-13,17-22,32H,2-6,14-16,23-30H2,1H3,(H,40,46);3-10,14-19,30,33H,11-13,20-27H2,1-2H3;3-17,27H,18-25H2,1-2H3/p+2/b;;11-10+. The molecule has 6 heterocycles. The van der Waals surface area contributed by atoms with Crippen LogP contribution in [0.1, 0.15) is 188 Å². The number of nitrogens with zero attached hydrogens (tertiary/aromatic N) is 9. The number of fused-ring (bicyclic) bond motifs is 3. The van der Waals surface area contributed by atoms with Gasteiger partial charge in [-0.3, -0.25) is 59.0 Å². The summed E-state index contributed by atoms with van der Waals surface area (Å²) in [5, 5.41) is 8.99. The minimum Gasteiger partial charge on any atom is -0.446 e. The van der Waals surface area contributed by atoms with Crippen molar-refractivity contribution in [3.63, 3.8) is 0 Å². The fraction of sp³-hybridized carbons (Fsp3) is 0.404. The lowest BCUT2D eigenvalue weighted by atomic mass is 9.99. The smallest absolute Gasteiger partial charge is 0.411 e. The van der Waals surface area contributed by atoms with Gasteiger partial charge in [0.25, 0.3) is 35.4 Å². The van der Waals surface area contributed by atoms with Gasteiger partial charge in [-0.1, -0.05) is 232 Å². The van der Waals surface area contributed by atoms with Crippen LogP contribution in [0.25, 0.3) is 22.3 Å². The van der Waals surface area contributed by atoms with E-state index in [2.05, 4.69) is 82.9 Å². The molecule has 133 heavy (non-hydrogen) atoms. The molecule has 9 amide bonds. The number of unbranched alkanes of at least 4 members (excludes halogenated alkanes) is 7. The van der Waals surface area contributed by atoms with Gasteiger partial charge in [-0.25, -0.2) is 14.4 Å². The lowest BCUT2D eigenvalue weighted by Crippen LogP contribution is -2.46. The number of quaternary nitrogens is 2. The Labute approximate surface area is 785 Å². The van der Waals surface area contributed by atoms with Gasteiger partial charge in [-0.05, 0) is 174 Å². The molecule has 0 unspecified atom stereocenters. The number of imide groups is 3. The zero-order chi connectivity index (χ0) is 93.3. The Morgan fingerprint density at radius 2 is 0.662 bits per heavy atom. The van der Waals surface area contributed by atoms with Crippen molar-refractivity contribution in [2.75, 3.05) is 164 Å². The molecule has 3 saturated heterocycles. The first-order valence-corrected chi connectivity index (χ1v) is 47.9. The van der Waals surface area contributed by atoms with Crippen molar-refractivity contribution in [1.29, 1.82) is 0 Å². The number of alkyl carbamates (subject to hydrolysis) is 1. The van der Waals surface area contributed by atoms with Crippen LogP contribution in [-0.2, 0) is 14.2 Å². The van der Waals surface area contributed by atoms with E-state index in [1.54, 1.807) is 60.7 Å². The van der Waals surface area contributed by atoms with E-state index in [0.29, 0.717) is 64.0 Å². The highest BCUT2D eigenvalue weighted by Crippen LogP contribution is 2.33. The van der Waals surface area contributed by atoms with Crippen LogP contribution in [0.2, 0.25) is 0 Å². The number of likely N-dealkylation sites (N-methyl/N-ethyl adjacent to an activating group) is 1. The quantitative estimate of drug-likeness (QED) is 0.0106. The van der Waals surface area contributed by atoms with Gasteiger partial charge >= 0.3 is 18.3 Å². The van der Waals surface area contributed by atoms with Gasteiger partial charge in [0.15, 0.2) is 0 Å². The summed E-state index contributed by atoms with van der Waals surface area (Å²) in [7, 11) is 10.8. The zero-order valence-corrected chi connectivity index (χ0v) is 78.2. The maximum atomic E-state index is 12.9. The number of rotatable bonds is 40. The van der Waals surface area contributed by atoms with Crippen LogP contribution in [0.4, 0.5) is 25.8 Å². The van der Waals surface area contributed by atoms with Gasteiger partial charge in [0, 0.05) is 83.0 Å². The normalized spacial score (nSPS) is 15.8. The second-order valence-electron chi connectivity index (χ2n) is 37.1. The van der Waals surface area contributed by atoms with Gasteiger partial charge in [0.1, 0.15) is 18.3 Å². The second kappa shape index (κ2) is 49.4. The van der Waals surface area contributed by atoms with Crippen molar-refractivity contribution in [2.24, 2.45) is 0 Å². The van der Waals surface area contributed by atoms with E-state index >= 15 is 0 Å². The van der Waals surface area contributed by atoms with E-state index in [1.807, 2.05) is 182 Å². The summed E-state index contributed by atoms with van der Waals surface area (Å²) in [5.74, 6) is -1.06. The largest absolute Gasteiger partial charge is 0.446 e. The Kier molecular flexibility index (Phi) is 36.5. The summed E-state index contributed by atoms with van der Waals surface area (Å²) in [6.45, 7) is 15.3. The van der Waals surface area contributed by atoms with Crippen LogP contribution < -0.4 is 16.0 Å². The number of piperidine rings is 3. The van der Waals surface area contributed by atoms with E-state index in [1.165, 1.54) is 59.6 Å². The molecule has 24 heteroatoms. The lowest BCUT2D eigenvalue weighted by Gasteiger charge is -2.34. The molecule has 6 aliphatic rings. The molecule has 0 saturated carbocycles. The lowest BCUT2D eigenvalue weighted by molar-refractivity contribution is -0.890. The minimum absolute atomic E-state index is 0.0366. The maximum absolute atomic E-state index is 12.9. The number of anilines is 2. The third kappa shape index (κ3) is 28.9. The van der Waals surface area contributed by atoms with Gasteiger partial charge in [0.05, 0.1) is 112 Å². The zero-order valence-electron chi connectivity index (χ0n) is 78.2. The number of carbonyl (C=O) groups excluding carboxylic acids is 9. The molecule has 700 valence electrons. The molecule has 0 aliphatic carbocycles. The Bertz CT molecular complexity index is 5200. The Morgan fingerprint density at radius 3 is 1.09 bits per heavy atom. The number of hydrogen-bond acceptors (Lipinski definition) is 16. The number of para-hydroxylation sites is 2. The molecule has 0 bridgehead atoms. The average molecular weight is 1800 g/mol. The molecule has 0 spiro atoms. The van der Waals surface area contributed by atoms with E-state index in [0.717, 1.165) is 205 Å². The van der Waals surface area contributed by atoms with Crippen LogP contribution in [0.3, 0.4) is 0 Å². The third-order valence-electron chi connectivity index (χ3n) is 26.2. The number of amides is 9. The van der Waals surface area contributed by atoms with Gasteiger partial charge < -0.3 is 43.2 Å². The van der Waals surface area contributed by atoms with Crippen LogP contribution in [-0.4, -0.2) is 268 Å². The van der Waals surface area contributed by atoms with Crippen LogP contribution in [0.5, 0.6) is 0 Å². The predicted octanol–water partition coefficient (Wildman–Crippen LogP) is 18.5. The highest BCUT2D eigenvalue weighted by atomic mass is 16.6. The molecule has 9 aromatic carbocycles. The van der Waals surface area contributed by atoms with Crippen LogP contribution >= 0.6 is 0 Å². The maximum Gasteiger partial charge on any atom is 0.411 e. The first kappa shape index (κ1) is 98.2. The topological polar surface area (TPSA) is 240 Å². The predicted molar refractivity (Wildman–Crippen MR) is 523 cm³/mol. The molecule has 6 aliphatic heterocycles. The first-order chi connectivity index (χ1) is 64.6. The number of likely N-dealkylation sites (tertiary alicyclic amines) is 3. The van der Waals surface area contributed by atoms with Gasteiger partial charge in [-0.2, -0.15) is 0 Å². The number of nitrogens with one attached hydrogen (secondary N) is 3. The van der Waals surface area contributed by atoms with E-state index in [9.17, 15) is 43.2 Å². The Balaban J connectivity index is 0.000000170. The highest BCUT2D eigenvalue weighted by molar-refractivity contribution is 6.23. The summed E-state index contributed by atoms with van der Waals surface area (Å²) >= 11 is 0. The molecule has 0 aromatic heterocycles. The van der Waals surface area contributed by atoms with Crippen molar-refractivity contribution in [2.45, 2.75) is 134 Å². The average Bonchev–Trinajstić information content (AvgIpc) is 1.64. The number of carbonyl (C=O) groups is 9. The number of hydrogen-bond donors (Lipinski definition) is 3. The van der Waals surface area contributed by atoms with Gasteiger partial charge in [0.2, 0.25) is 0 Å². The van der Waals surface area contributed by atoms with Crippen LogP contribution in [0, 0.1) is 0 Å². The fourth-order valence-electron chi connectivity index (χ4n) is 18.4. The summed E-state index contributed by atoms with van der Waals surface area (Å²) < 4.78 is 19.0. The van der Waals surface area contributed by atoms with E-state index in [-0.39, 0.29) is 72.0 Å². The molecule has 3 fully saturated rings. The van der Waals surface area contributed by atoms with Crippen LogP contribution in [0.15, 0.2) is 255 Å². The van der Waals surface area contributed by atoms with Crippen molar-refractivity contribution in [1.82, 2.24) is 39.6 Å². The molecule has 24 nitrogen and oxygen atoms in total. The Morgan fingerprint density at radius 1 is 0.338 bits per heavy atom. The second-order valence-corrected chi connectivity index (χ2v) is 37.1. The summed E-state index contributed by atoms with van der Waals surface area (Å²) in [4.78, 5) is 128. The molecule has 9 aromatic rings. The number of benzene rings is 9. The SMILES string of the molecule is CN(CCCCCCCCCN1CCC(OC(=O)Nc2ccccc2-c2ccccc2)CC1)CCCN1C(=O)c2ccccc2C1=O.C[N+](C)(C/C=C/CN1CCC(OC(=O)Nc2ccccc2-c2ccccc2)CC1)CCN1C(=O)c2ccccc2C1=O.C[N+](C)(CCCCN1C(=O)c2ccccc2C1=O)CCCN1CCC(OC(=O)NC(c2ccccc2)c2ccccc2)CC1. The molecular formula is C109H134N12O12+2. The summed E-state index contributed by atoms with van der Waals surface area (Å²) in [6.07, 6.45) is 20.4. The third-order valence-corrected chi connectivity index (χ3v) is 26.2. The van der Waals surface area contributed by atoms with E-state index in [4.69, 9.17) is 14.2 Å². The van der Waals surface area contributed by atoms with E-state index < -0.39 is 6.09 Å². The summed E-state index contributed by atoms with van der Waals surface area (Å²) in [5.41, 5.74) is 10.7. The first-order valence-electron chi connectivity index (χ1n) is 47.9. The fourth-order valence-corrected chi connectivity index (χ4v) is 18.4. The molecular weight excluding hydrogens is 1670 g/mol. The van der Waals surface area contributed by atoms with Crippen molar-refractivity contribution in [3.05, 3.63) is 299 Å². The minimum atomic E-state index is -0.419. The molecule has 15 rings (SSSR count). The molecule has 3 N–H and O–H groups in total.